The highest BCUT2D eigenvalue weighted by Crippen LogP contribution is 2.33. The average Bonchev–Trinajstić information content (AvgIpc) is 3.39. The number of ether oxygens (including phenoxy) is 1. The molecule has 6 heteroatoms. The van der Waals surface area contributed by atoms with Crippen LogP contribution in [0.1, 0.15) is 72.6 Å². The molecule has 1 aliphatic carbocycles. The Balaban J connectivity index is 2.46. The molecule has 1 amide bonds. The van der Waals surface area contributed by atoms with Crippen LogP contribution in [0.2, 0.25) is 0 Å². The number of methoxy groups -OCH3 is 1. The Bertz CT molecular complexity index is 729. The highest BCUT2D eigenvalue weighted by atomic mass is 16.5. The third-order valence-electron chi connectivity index (χ3n) is 5.24. The zero-order valence-electron chi connectivity index (χ0n) is 16.9. The minimum atomic E-state index is -0.571. The van der Waals surface area contributed by atoms with Gasteiger partial charge in [-0.3, -0.25) is 9.59 Å². The van der Waals surface area contributed by atoms with E-state index in [2.05, 4.69) is 0 Å². The number of carbonyl (C=O) groups is 3. The smallest absolute Gasteiger partial charge is 0.354 e. The monoisotopic (exact) mass is 362 g/mol. The van der Waals surface area contributed by atoms with Crippen molar-refractivity contribution in [2.75, 3.05) is 7.11 Å². The molecule has 1 aromatic rings. The highest BCUT2D eigenvalue weighted by molar-refractivity contribution is 6.06. The Morgan fingerprint density at radius 2 is 1.77 bits per heavy atom. The van der Waals surface area contributed by atoms with Crippen molar-refractivity contribution in [2.24, 2.45) is 5.92 Å². The maximum absolute atomic E-state index is 13.3. The molecule has 0 aliphatic heterocycles. The van der Waals surface area contributed by atoms with Crippen molar-refractivity contribution >= 4 is 17.7 Å². The zero-order valence-corrected chi connectivity index (χ0v) is 16.9. The van der Waals surface area contributed by atoms with Gasteiger partial charge >= 0.3 is 5.97 Å². The molecule has 1 heterocycles. The molecule has 1 aromatic heterocycles. The standard InChI is InChI=1S/C20H30N2O4/c1-8-21-13(5)16(12(4)17(21)20(25)26-7)18(23)14(6)22(11(2)3)19(24)15-9-10-15/h11,14-15H,8-10H2,1-7H3. The van der Waals surface area contributed by atoms with Gasteiger partial charge in [0, 0.05) is 29.8 Å². The molecule has 1 fully saturated rings. The summed E-state index contributed by atoms with van der Waals surface area (Å²) < 4.78 is 6.71. The first-order chi connectivity index (χ1) is 12.2. The van der Waals surface area contributed by atoms with Crippen molar-refractivity contribution in [1.29, 1.82) is 0 Å². The zero-order chi connectivity index (χ0) is 19.8. The Hall–Kier alpha value is -2.11. The van der Waals surface area contributed by atoms with Gasteiger partial charge in [-0.15, -0.1) is 0 Å². The minimum Gasteiger partial charge on any atom is -0.464 e. The molecule has 0 bridgehead atoms. The molecular weight excluding hydrogens is 332 g/mol. The average molecular weight is 362 g/mol. The van der Waals surface area contributed by atoms with E-state index < -0.39 is 12.0 Å². The normalized spacial score (nSPS) is 15.1. The minimum absolute atomic E-state index is 0.0549. The van der Waals surface area contributed by atoms with Crippen LogP contribution in [0.4, 0.5) is 0 Å². The largest absolute Gasteiger partial charge is 0.464 e. The number of carbonyl (C=O) groups excluding carboxylic acids is 3. The molecular formula is C20H30N2O4. The van der Waals surface area contributed by atoms with Gasteiger partial charge in [0.05, 0.1) is 13.2 Å². The van der Waals surface area contributed by atoms with E-state index in [0.29, 0.717) is 23.4 Å². The van der Waals surface area contributed by atoms with E-state index in [4.69, 9.17) is 4.74 Å². The SMILES string of the molecule is CCn1c(C)c(C(=O)C(C)N(C(=O)C2CC2)C(C)C)c(C)c1C(=O)OC. The topological polar surface area (TPSA) is 68.6 Å². The molecule has 6 nitrogen and oxygen atoms in total. The van der Waals surface area contributed by atoms with Crippen LogP contribution in [0.3, 0.4) is 0 Å². The van der Waals surface area contributed by atoms with Gasteiger partial charge in [-0.1, -0.05) is 0 Å². The van der Waals surface area contributed by atoms with Crippen LogP contribution in [0.15, 0.2) is 0 Å². The summed E-state index contributed by atoms with van der Waals surface area (Å²) in [6.07, 6.45) is 1.80. The summed E-state index contributed by atoms with van der Waals surface area (Å²) in [4.78, 5) is 39.9. The quantitative estimate of drug-likeness (QED) is 0.552. The second-order valence-corrected chi connectivity index (χ2v) is 7.32. The fourth-order valence-electron chi connectivity index (χ4n) is 3.78. The number of nitrogens with zero attached hydrogens (tertiary/aromatic N) is 2. The van der Waals surface area contributed by atoms with E-state index >= 15 is 0 Å². The Morgan fingerprint density at radius 3 is 2.19 bits per heavy atom. The Labute approximate surface area is 155 Å². The molecule has 1 saturated carbocycles. The summed E-state index contributed by atoms with van der Waals surface area (Å²) in [6, 6.07) is -0.630. The molecule has 26 heavy (non-hydrogen) atoms. The van der Waals surface area contributed by atoms with Crippen molar-refractivity contribution in [3.8, 4) is 0 Å². The van der Waals surface area contributed by atoms with Crippen LogP contribution < -0.4 is 0 Å². The molecule has 0 spiro atoms. The lowest BCUT2D eigenvalue weighted by molar-refractivity contribution is -0.135. The number of aromatic nitrogens is 1. The van der Waals surface area contributed by atoms with Crippen LogP contribution in [0.25, 0.3) is 0 Å². The molecule has 0 saturated heterocycles. The summed E-state index contributed by atoms with van der Waals surface area (Å²) in [5.74, 6) is -0.464. The van der Waals surface area contributed by atoms with E-state index in [9.17, 15) is 14.4 Å². The number of hydrogen-bond donors (Lipinski definition) is 0. The number of hydrogen-bond acceptors (Lipinski definition) is 4. The van der Waals surface area contributed by atoms with Crippen molar-refractivity contribution in [1.82, 2.24) is 9.47 Å². The van der Waals surface area contributed by atoms with Crippen molar-refractivity contribution in [3.05, 3.63) is 22.5 Å². The van der Waals surface area contributed by atoms with E-state index in [1.54, 1.807) is 18.7 Å². The second-order valence-electron chi connectivity index (χ2n) is 7.32. The summed E-state index contributed by atoms with van der Waals surface area (Å²) in [5, 5.41) is 0. The Morgan fingerprint density at radius 1 is 1.19 bits per heavy atom. The first-order valence-corrected chi connectivity index (χ1v) is 9.31. The van der Waals surface area contributed by atoms with Crippen LogP contribution in [0, 0.1) is 19.8 Å². The molecule has 0 aromatic carbocycles. The predicted octanol–water partition coefficient (Wildman–Crippen LogP) is 3.13. The first kappa shape index (κ1) is 20.2. The molecule has 0 radical (unpaired) electrons. The number of amides is 1. The van der Waals surface area contributed by atoms with Gasteiger partial charge in [0.25, 0.3) is 0 Å². The van der Waals surface area contributed by atoms with E-state index in [0.717, 1.165) is 18.5 Å². The van der Waals surface area contributed by atoms with Gasteiger partial charge in [0.2, 0.25) is 5.91 Å². The van der Waals surface area contributed by atoms with Crippen LogP contribution in [-0.4, -0.2) is 46.3 Å². The predicted molar refractivity (Wildman–Crippen MR) is 99.4 cm³/mol. The highest BCUT2D eigenvalue weighted by Gasteiger charge is 2.39. The lowest BCUT2D eigenvalue weighted by Gasteiger charge is -2.32. The maximum Gasteiger partial charge on any atom is 0.354 e. The lowest BCUT2D eigenvalue weighted by atomic mass is 9.98. The summed E-state index contributed by atoms with van der Waals surface area (Å²) in [7, 11) is 1.34. The summed E-state index contributed by atoms with van der Waals surface area (Å²) in [5.41, 5.74) is 2.29. The maximum atomic E-state index is 13.3. The lowest BCUT2D eigenvalue weighted by Crippen LogP contribution is -2.48. The first-order valence-electron chi connectivity index (χ1n) is 9.31. The third-order valence-corrected chi connectivity index (χ3v) is 5.24. The van der Waals surface area contributed by atoms with Gasteiger partial charge < -0.3 is 14.2 Å². The molecule has 1 atom stereocenters. The Kier molecular flexibility index (Phi) is 5.94. The van der Waals surface area contributed by atoms with Crippen molar-refractivity contribution in [2.45, 2.75) is 73.0 Å². The van der Waals surface area contributed by atoms with Gasteiger partial charge in [-0.2, -0.15) is 0 Å². The number of esters is 1. The van der Waals surface area contributed by atoms with Crippen molar-refractivity contribution in [3.63, 3.8) is 0 Å². The van der Waals surface area contributed by atoms with Crippen LogP contribution >= 0.6 is 0 Å². The summed E-state index contributed by atoms with van der Waals surface area (Å²) >= 11 is 0. The molecule has 2 rings (SSSR count). The summed E-state index contributed by atoms with van der Waals surface area (Å²) in [6.45, 7) is 11.7. The third kappa shape index (κ3) is 3.41. The number of Topliss-reactive ketones (excluding diaryl/α,β-unsaturated/α-hetero) is 1. The fourth-order valence-corrected chi connectivity index (χ4v) is 3.78. The number of rotatable bonds is 7. The van der Waals surface area contributed by atoms with Gasteiger partial charge in [-0.05, 0) is 59.9 Å². The fraction of sp³-hybridized carbons (Fsp3) is 0.650. The van der Waals surface area contributed by atoms with Crippen LogP contribution in [-0.2, 0) is 16.1 Å². The van der Waals surface area contributed by atoms with Crippen molar-refractivity contribution < 1.29 is 19.1 Å². The van der Waals surface area contributed by atoms with E-state index in [1.807, 2.05) is 32.3 Å². The molecule has 144 valence electrons. The number of ketones is 1. The van der Waals surface area contributed by atoms with Gasteiger partial charge in [-0.25, -0.2) is 4.79 Å². The van der Waals surface area contributed by atoms with Gasteiger partial charge in [0.15, 0.2) is 5.78 Å². The second kappa shape index (κ2) is 7.64. The molecule has 1 unspecified atom stereocenters. The van der Waals surface area contributed by atoms with E-state index in [1.165, 1.54) is 7.11 Å². The van der Waals surface area contributed by atoms with Crippen LogP contribution in [0.5, 0.6) is 0 Å². The van der Waals surface area contributed by atoms with E-state index in [-0.39, 0.29) is 23.7 Å². The molecule has 1 aliphatic rings. The molecule has 0 N–H and O–H groups in total. The van der Waals surface area contributed by atoms with Gasteiger partial charge in [0.1, 0.15) is 5.69 Å².